The first-order chi connectivity index (χ1) is 9.61. The van der Waals surface area contributed by atoms with Crippen molar-refractivity contribution in [1.29, 1.82) is 0 Å². The molecule has 1 N–H and O–H groups in total. The summed E-state index contributed by atoms with van der Waals surface area (Å²) < 4.78 is 1.47. The van der Waals surface area contributed by atoms with Gasteiger partial charge in [0.1, 0.15) is 10.5 Å². The zero-order valence-electron chi connectivity index (χ0n) is 10.7. The van der Waals surface area contributed by atoms with Gasteiger partial charge in [-0.15, -0.1) is 22.7 Å². The minimum Gasteiger partial charge on any atom is -0.308 e. The van der Waals surface area contributed by atoms with Gasteiger partial charge in [-0.2, -0.15) is 0 Å². The smallest absolute Gasteiger partial charge is 0.268 e. The van der Waals surface area contributed by atoms with Crippen LogP contribution in [0.15, 0.2) is 28.4 Å². The lowest BCUT2D eigenvalue weighted by atomic mass is 10.4. The van der Waals surface area contributed by atoms with Crippen molar-refractivity contribution in [2.24, 2.45) is 0 Å². The number of thiophene rings is 2. The fourth-order valence-electron chi connectivity index (χ4n) is 2.01. The van der Waals surface area contributed by atoms with E-state index in [0.717, 1.165) is 16.4 Å². The first kappa shape index (κ1) is 13.8. The summed E-state index contributed by atoms with van der Waals surface area (Å²) in [5, 5.41) is 1.88. The monoisotopic (exact) mass is 325 g/mol. The van der Waals surface area contributed by atoms with E-state index in [0.29, 0.717) is 17.1 Å². The van der Waals surface area contributed by atoms with E-state index in [1.165, 1.54) is 16.2 Å². The van der Waals surface area contributed by atoms with Crippen molar-refractivity contribution in [3.63, 3.8) is 0 Å². The number of hydrogen-bond donors (Lipinski definition) is 1. The number of aromatic amines is 1. The van der Waals surface area contributed by atoms with Gasteiger partial charge in [0.25, 0.3) is 5.56 Å². The van der Waals surface area contributed by atoms with Crippen LogP contribution < -0.4 is 5.56 Å². The molecular formula is C13H12ClN3OS2. The van der Waals surface area contributed by atoms with Crippen molar-refractivity contribution in [2.75, 3.05) is 7.05 Å². The maximum absolute atomic E-state index is 11.9. The second-order valence-corrected chi connectivity index (χ2v) is 7.24. The molecule has 0 saturated heterocycles. The molecule has 0 radical (unpaired) electrons. The molecule has 20 heavy (non-hydrogen) atoms. The number of fused-ring (bicyclic) bond motifs is 1. The van der Waals surface area contributed by atoms with Crippen molar-refractivity contribution in [1.82, 2.24) is 14.9 Å². The van der Waals surface area contributed by atoms with Crippen molar-refractivity contribution in [3.05, 3.63) is 49.0 Å². The van der Waals surface area contributed by atoms with Crippen molar-refractivity contribution in [3.8, 4) is 0 Å². The molecule has 0 bridgehead atoms. The summed E-state index contributed by atoms with van der Waals surface area (Å²) in [6.07, 6.45) is 0. The summed E-state index contributed by atoms with van der Waals surface area (Å²) in [6, 6.07) is 5.78. The maximum atomic E-state index is 11.9. The molecule has 0 aliphatic heterocycles. The first-order valence-electron chi connectivity index (χ1n) is 6.01. The summed E-state index contributed by atoms with van der Waals surface area (Å²) in [5.41, 5.74) is 0.703. The molecule has 0 aromatic carbocycles. The van der Waals surface area contributed by atoms with Crippen LogP contribution in [0.3, 0.4) is 0 Å². The van der Waals surface area contributed by atoms with Crippen LogP contribution in [0, 0.1) is 0 Å². The Morgan fingerprint density at radius 1 is 1.35 bits per heavy atom. The third-order valence-electron chi connectivity index (χ3n) is 2.84. The number of hydrogen-bond acceptors (Lipinski definition) is 5. The predicted octanol–water partition coefficient (Wildman–Crippen LogP) is 3.33. The minimum atomic E-state index is -0.0624. The summed E-state index contributed by atoms with van der Waals surface area (Å²) in [7, 11) is 1.99. The molecule has 3 heterocycles. The van der Waals surface area contributed by atoms with Crippen molar-refractivity contribution >= 4 is 44.5 Å². The Hall–Kier alpha value is -1.21. The zero-order chi connectivity index (χ0) is 14.1. The Bertz CT molecular complexity index is 792. The highest BCUT2D eigenvalue weighted by atomic mass is 35.5. The average Bonchev–Trinajstić information content (AvgIpc) is 2.98. The van der Waals surface area contributed by atoms with Crippen LogP contribution in [-0.2, 0) is 13.1 Å². The molecule has 0 amide bonds. The van der Waals surface area contributed by atoms with E-state index in [-0.39, 0.29) is 5.56 Å². The van der Waals surface area contributed by atoms with Crippen LogP contribution in [-0.4, -0.2) is 21.9 Å². The SMILES string of the molecule is CN(Cc1nc2ccsc2c(=O)[nH]1)Cc1ccc(Cl)s1. The first-order valence-corrected chi connectivity index (χ1v) is 8.08. The molecule has 104 valence electrons. The Balaban J connectivity index is 1.76. The van der Waals surface area contributed by atoms with Crippen LogP contribution in [0.4, 0.5) is 0 Å². The van der Waals surface area contributed by atoms with E-state index in [9.17, 15) is 4.79 Å². The third kappa shape index (κ3) is 2.93. The summed E-state index contributed by atoms with van der Waals surface area (Å²) >= 11 is 8.90. The summed E-state index contributed by atoms with van der Waals surface area (Å²) in [4.78, 5) is 22.5. The van der Waals surface area contributed by atoms with Crippen LogP contribution in [0.25, 0.3) is 10.2 Å². The van der Waals surface area contributed by atoms with E-state index in [4.69, 9.17) is 11.6 Å². The lowest BCUT2D eigenvalue weighted by Gasteiger charge is -2.14. The Labute approximate surface area is 128 Å². The molecule has 0 unspecified atom stereocenters. The standard InChI is InChI=1S/C13H12ClN3OS2/c1-17(6-8-2-3-10(14)20-8)7-11-15-9-4-5-19-12(9)13(18)16-11/h2-5H,6-7H2,1H3,(H,15,16,18). The van der Waals surface area contributed by atoms with Gasteiger partial charge in [-0.05, 0) is 30.6 Å². The van der Waals surface area contributed by atoms with Gasteiger partial charge in [0.05, 0.1) is 16.4 Å². The van der Waals surface area contributed by atoms with E-state index >= 15 is 0 Å². The summed E-state index contributed by atoms with van der Waals surface area (Å²) in [6.45, 7) is 1.37. The van der Waals surface area contributed by atoms with E-state index in [1.54, 1.807) is 11.3 Å². The van der Waals surface area contributed by atoms with Gasteiger partial charge in [-0.1, -0.05) is 11.6 Å². The summed E-state index contributed by atoms with van der Waals surface area (Å²) in [5.74, 6) is 0.686. The second-order valence-electron chi connectivity index (χ2n) is 4.53. The van der Waals surface area contributed by atoms with E-state index in [1.807, 2.05) is 30.6 Å². The quantitative estimate of drug-likeness (QED) is 0.800. The molecule has 0 fully saturated rings. The lowest BCUT2D eigenvalue weighted by molar-refractivity contribution is 0.313. The van der Waals surface area contributed by atoms with Gasteiger partial charge >= 0.3 is 0 Å². The van der Waals surface area contributed by atoms with E-state index < -0.39 is 0 Å². The molecule has 0 atom stereocenters. The minimum absolute atomic E-state index is 0.0624. The highest BCUT2D eigenvalue weighted by Gasteiger charge is 2.08. The van der Waals surface area contributed by atoms with Crippen molar-refractivity contribution < 1.29 is 0 Å². The largest absolute Gasteiger partial charge is 0.308 e. The molecule has 0 saturated carbocycles. The van der Waals surface area contributed by atoms with Crippen LogP contribution in [0.5, 0.6) is 0 Å². The number of nitrogens with zero attached hydrogens (tertiary/aromatic N) is 2. The van der Waals surface area contributed by atoms with Crippen molar-refractivity contribution in [2.45, 2.75) is 13.1 Å². The Morgan fingerprint density at radius 3 is 2.95 bits per heavy atom. The normalized spacial score (nSPS) is 11.6. The molecule has 3 aromatic rings. The fourth-order valence-corrected chi connectivity index (χ4v) is 3.90. The van der Waals surface area contributed by atoms with Gasteiger partial charge in [0, 0.05) is 11.4 Å². The second kappa shape index (κ2) is 5.65. The van der Waals surface area contributed by atoms with Gasteiger partial charge in [0.2, 0.25) is 0 Å². The molecule has 7 heteroatoms. The lowest BCUT2D eigenvalue weighted by Crippen LogP contribution is -2.21. The molecule has 4 nitrogen and oxygen atoms in total. The topological polar surface area (TPSA) is 49.0 Å². The molecular weight excluding hydrogens is 314 g/mol. The van der Waals surface area contributed by atoms with Crippen LogP contribution in [0.2, 0.25) is 4.34 Å². The van der Waals surface area contributed by atoms with Gasteiger partial charge < -0.3 is 4.98 Å². The predicted molar refractivity (Wildman–Crippen MR) is 84.7 cm³/mol. The number of aromatic nitrogens is 2. The highest BCUT2D eigenvalue weighted by Crippen LogP contribution is 2.22. The van der Waals surface area contributed by atoms with Crippen LogP contribution >= 0.6 is 34.3 Å². The Morgan fingerprint density at radius 2 is 2.20 bits per heavy atom. The average molecular weight is 326 g/mol. The fraction of sp³-hybridized carbons (Fsp3) is 0.231. The van der Waals surface area contributed by atoms with E-state index in [2.05, 4.69) is 14.9 Å². The van der Waals surface area contributed by atoms with Gasteiger partial charge in [0.15, 0.2) is 0 Å². The molecule has 0 aliphatic rings. The molecule has 0 aliphatic carbocycles. The maximum Gasteiger partial charge on any atom is 0.268 e. The number of rotatable bonds is 4. The highest BCUT2D eigenvalue weighted by molar-refractivity contribution is 7.17. The molecule has 3 aromatic heterocycles. The third-order valence-corrected chi connectivity index (χ3v) is 4.96. The van der Waals surface area contributed by atoms with Gasteiger partial charge in [-0.3, -0.25) is 9.69 Å². The molecule has 0 spiro atoms. The zero-order valence-corrected chi connectivity index (χ0v) is 13.1. The number of nitrogens with one attached hydrogen (secondary N) is 1. The molecule has 3 rings (SSSR count). The Kier molecular flexibility index (Phi) is 3.89. The van der Waals surface area contributed by atoms with Crippen LogP contribution in [0.1, 0.15) is 10.7 Å². The van der Waals surface area contributed by atoms with Gasteiger partial charge in [-0.25, -0.2) is 4.98 Å². The number of halogens is 1. The number of H-pyrrole nitrogens is 1.